The van der Waals surface area contributed by atoms with Crippen LogP contribution in [0.4, 0.5) is 0 Å². The van der Waals surface area contributed by atoms with Crippen LogP contribution in [0.1, 0.15) is 59.8 Å². The molecule has 2 heteroatoms. The van der Waals surface area contributed by atoms with Crippen LogP contribution in [-0.2, 0) is 9.59 Å². The van der Waals surface area contributed by atoms with Gasteiger partial charge in [0, 0.05) is 0 Å². The van der Waals surface area contributed by atoms with E-state index in [1.54, 1.807) is 13.8 Å². The molecule has 0 N–H and O–H groups in total. The van der Waals surface area contributed by atoms with Crippen molar-refractivity contribution in [2.75, 3.05) is 0 Å². The molecule has 0 radical (unpaired) electrons. The Bertz CT molecular complexity index is 118. The van der Waals surface area contributed by atoms with Gasteiger partial charge in [-0.05, 0) is 13.8 Å². The molecule has 1 rings (SSSR count). The summed E-state index contributed by atoms with van der Waals surface area (Å²) in [7, 11) is 0. The lowest BCUT2D eigenvalue weighted by Gasteiger charge is -2.02. The molecule has 0 saturated heterocycles. The largest absolute Gasteiger partial charge is 0.302 e. The Labute approximate surface area is 88.1 Å². The van der Waals surface area contributed by atoms with Crippen molar-refractivity contribution >= 4 is 12.6 Å². The Morgan fingerprint density at radius 1 is 0.786 bits per heavy atom. The molecule has 0 bridgehead atoms. The molecular formula is C12H24O2. The molecule has 0 amide bonds. The second-order valence-electron chi connectivity index (χ2n) is 3.82. The molecule has 0 aromatic rings. The van der Waals surface area contributed by atoms with E-state index in [1.165, 1.54) is 32.1 Å². The highest BCUT2D eigenvalue weighted by Crippen LogP contribution is 2.15. The lowest BCUT2D eigenvalue weighted by molar-refractivity contribution is -0.124. The smallest absolute Gasteiger partial charge is 0.132 e. The Morgan fingerprint density at radius 3 is 1.07 bits per heavy atom. The van der Waals surface area contributed by atoms with E-state index in [1.807, 2.05) is 13.8 Å². The van der Waals surface area contributed by atoms with Crippen LogP contribution < -0.4 is 0 Å². The Morgan fingerprint density at radius 2 is 1.00 bits per heavy atom. The van der Waals surface area contributed by atoms with Gasteiger partial charge in [-0.2, -0.15) is 0 Å². The van der Waals surface area contributed by atoms with Crippen molar-refractivity contribution in [2.45, 2.75) is 59.8 Å². The van der Waals surface area contributed by atoms with E-state index in [2.05, 4.69) is 0 Å². The summed E-state index contributed by atoms with van der Waals surface area (Å²) >= 11 is 0. The summed E-state index contributed by atoms with van der Waals surface area (Å²) in [6.45, 7) is 7.12. The fraction of sp³-hybridized carbons (Fsp3) is 0.833. The van der Waals surface area contributed by atoms with Crippen LogP contribution in [0.3, 0.4) is 0 Å². The van der Waals surface area contributed by atoms with E-state index in [-0.39, 0.29) is 0 Å². The number of hydrogen-bond donors (Lipinski definition) is 0. The third-order valence-electron chi connectivity index (χ3n) is 1.86. The van der Waals surface area contributed by atoms with Gasteiger partial charge < -0.3 is 9.59 Å². The molecule has 0 aromatic carbocycles. The molecule has 14 heavy (non-hydrogen) atoms. The Kier molecular flexibility index (Phi) is 11.8. The van der Waals surface area contributed by atoms with Crippen molar-refractivity contribution in [3.8, 4) is 0 Å². The summed E-state index contributed by atoms with van der Waals surface area (Å²) in [5.74, 6) is 0. The zero-order chi connectivity index (χ0) is 11.4. The van der Waals surface area contributed by atoms with Crippen molar-refractivity contribution in [1.82, 2.24) is 0 Å². The van der Waals surface area contributed by atoms with E-state index in [0.717, 1.165) is 0 Å². The third kappa shape index (κ3) is 11.3. The predicted octanol–water partition coefficient (Wildman–Crippen LogP) is 3.39. The van der Waals surface area contributed by atoms with Crippen molar-refractivity contribution in [1.29, 1.82) is 0 Å². The predicted molar refractivity (Wildman–Crippen MR) is 60.3 cm³/mol. The van der Waals surface area contributed by atoms with Gasteiger partial charge >= 0.3 is 0 Å². The molecule has 1 saturated carbocycles. The zero-order valence-corrected chi connectivity index (χ0v) is 10.0. The van der Waals surface area contributed by atoms with E-state index in [0.29, 0.717) is 12.6 Å². The maximum absolute atomic E-state index is 9.83. The van der Waals surface area contributed by atoms with Gasteiger partial charge in [-0.25, -0.2) is 0 Å². The van der Waals surface area contributed by atoms with Gasteiger partial charge in [0.1, 0.15) is 12.6 Å². The lowest BCUT2D eigenvalue weighted by Crippen LogP contribution is -2.13. The zero-order valence-electron chi connectivity index (χ0n) is 10.0. The summed E-state index contributed by atoms with van der Waals surface area (Å²) in [6.07, 6.45) is 8.75. The van der Waals surface area contributed by atoms with Crippen molar-refractivity contribution in [3.63, 3.8) is 0 Å². The molecule has 1 aliphatic carbocycles. The van der Waals surface area contributed by atoms with Crippen molar-refractivity contribution < 1.29 is 9.59 Å². The Balaban J connectivity index is 0. The highest BCUT2D eigenvalue weighted by Gasteiger charge is 2.12. The Hall–Kier alpha value is -0.660. The van der Waals surface area contributed by atoms with E-state index in [4.69, 9.17) is 0 Å². The van der Waals surface area contributed by atoms with Gasteiger partial charge in [0.2, 0.25) is 0 Å². The standard InChI is InChI=1S/C5H8O2.C5H10.C2H6/c1-5(2,3-6)4-7;1-2-4-5-3-1;1-2/h3-4H,1-2H3;1-5H2;1-2H3. The van der Waals surface area contributed by atoms with Crippen LogP contribution in [0.25, 0.3) is 0 Å². The lowest BCUT2D eigenvalue weighted by atomic mass is 9.99. The van der Waals surface area contributed by atoms with Crippen LogP contribution in [0.15, 0.2) is 0 Å². The quantitative estimate of drug-likeness (QED) is 0.506. The first-order valence-corrected chi connectivity index (χ1v) is 5.55. The maximum atomic E-state index is 9.83. The average molecular weight is 200 g/mol. The summed E-state index contributed by atoms with van der Waals surface area (Å²) in [4.78, 5) is 19.7. The monoisotopic (exact) mass is 200 g/mol. The number of carbonyl (C=O) groups excluding carboxylic acids is 2. The normalized spacial score (nSPS) is 14.3. The van der Waals surface area contributed by atoms with Crippen LogP contribution in [0.2, 0.25) is 0 Å². The van der Waals surface area contributed by atoms with Gasteiger partial charge in [0.15, 0.2) is 0 Å². The third-order valence-corrected chi connectivity index (χ3v) is 1.86. The van der Waals surface area contributed by atoms with Crippen LogP contribution >= 0.6 is 0 Å². The van der Waals surface area contributed by atoms with E-state index in [9.17, 15) is 9.59 Å². The number of hydrogen-bond acceptors (Lipinski definition) is 2. The minimum atomic E-state index is -0.778. The van der Waals surface area contributed by atoms with Gasteiger partial charge in [-0.3, -0.25) is 0 Å². The van der Waals surface area contributed by atoms with Gasteiger partial charge in [0.05, 0.1) is 5.41 Å². The molecule has 0 unspecified atom stereocenters. The fourth-order valence-corrected chi connectivity index (χ4v) is 0.912. The van der Waals surface area contributed by atoms with Crippen LogP contribution in [0.5, 0.6) is 0 Å². The highest BCUT2D eigenvalue weighted by atomic mass is 16.1. The highest BCUT2D eigenvalue weighted by molar-refractivity contribution is 5.82. The average Bonchev–Trinajstić information content (AvgIpc) is 2.79. The second kappa shape index (κ2) is 10.4. The van der Waals surface area contributed by atoms with Crippen LogP contribution in [-0.4, -0.2) is 12.6 Å². The second-order valence-corrected chi connectivity index (χ2v) is 3.82. The molecule has 0 aliphatic heterocycles. The SMILES string of the molecule is C1CCCC1.CC.CC(C)(C=O)C=O. The fourth-order valence-electron chi connectivity index (χ4n) is 0.912. The summed E-state index contributed by atoms with van der Waals surface area (Å²) in [5.41, 5.74) is -0.778. The maximum Gasteiger partial charge on any atom is 0.132 e. The molecule has 0 spiro atoms. The van der Waals surface area contributed by atoms with Crippen molar-refractivity contribution in [3.05, 3.63) is 0 Å². The van der Waals surface area contributed by atoms with Crippen molar-refractivity contribution in [2.24, 2.45) is 5.41 Å². The molecule has 84 valence electrons. The summed E-state index contributed by atoms with van der Waals surface area (Å²) < 4.78 is 0. The molecule has 1 fully saturated rings. The molecule has 1 aliphatic rings. The minimum absolute atomic E-state index is 0.625. The molecule has 0 atom stereocenters. The number of rotatable bonds is 2. The summed E-state index contributed by atoms with van der Waals surface area (Å²) in [6, 6.07) is 0. The first kappa shape index (κ1) is 15.8. The topological polar surface area (TPSA) is 34.1 Å². The van der Waals surface area contributed by atoms with Gasteiger partial charge in [-0.15, -0.1) is 0 Å². The first-order chi connectivity index (χ1) is 6.62. The van der Waals surface area contributed by atoms with Gasteiger partial charge in [0.25, 0.3) is 0 Å². The minimum Gasteiger partial charge on any atom is -0.302 e. The summed E-state index contributed by atoms with van der Waals surface area (Å²) in [5, 5.41) is 0. The number of aldehydes is 2. The van der Waals surface area contributed by atoms with Crippen LogP contribution in [0, 0.1) is 5.41 Å². The molecule has 0 heterocycles. The van der Waals surface area contributed by atoms with E-state index >= 15 is 0 Å². The molecule has 0 aromatic heterocycles. The van der Waals surface area contributed by atoms with E-state index < -0.39 is 5.41 Å². The van der Waals surface area contributed by atoms with Gasteiger partial charge in [-0.1, -0.05) is 46.0 Å². The first-order valence-electron chi connectivity index (χ1n) is 5.55. The molecular weight excluding hydrogens is 176 g/mol. The number of carbonyl (C=O) groups is 2. The molecule has 2 nitrogen and oxygen atoms in total.